The van der Waals surface area contributed by atoms with Crippen molar-refractivity contribution in [3.63, 3.8) is 0 Å². The van der Waals surface area contributed by atoms with Crippen LogP contribution in [-0.2, 0) is 0 Å². The van der Waals surface area contributed by atoms with Crippen LogP contribution in [0.25, 0.3) is 77.2 Å². The van der Waals surface area contributed by atoms with Crippen molar-refractivity contribution in [2.75, 3.05) is 4.90 Å². The fourth-order valence-electron chi connectivity index (χ4n) is 7.78. The van der Waals surface area contributed by atoms with Gasteiger partial charge in [-0.3, -0.25) is 0 Å². The number of benzene rings is 9. The van der Waals surface area contributed by atoms with Crippen molar-refractivity contribution in [2.45, 2.75) is 0 Å². The molecule has 254 valence electrons. The number of nitrogens with zero attached hydrogens (tertiary/aromatic N) is 1. The molecule has 2 nitrogen and oxygen atoms in total. The number of hydrogen-bond donors (Lipinski definition) is 0. The lowest BCUT2D eigenvalue weighted by molar-refractivity contribution is 0.669. The fourth-order valence-corrected chi connectivity index (χ4v) is 7.78. The molecule has 54 heavy (non-hydrogen) atoms. The van der Waals surface area contributed by atoms with E-state index in [4.69, 9.17) is 4.42 Å². The molecule has 9 aromatic carbocycles. The van der Waals surface area contributed by atoms with Gasteiger partial charge >= 0.3 is 0 Å². The Morgan fingerprint density at radius 2 is 0.833 bits per heavy atom. The maximum Gasteiger partial charge on any atom is 0.135 e. The topological polar surface area (TPSA) is 16.4 Å². The Morgan fingerprint density at radius 3 is 1.59 bits per heavy atom. The average Bonchev–Trinajstić information content (AvgIpc) is 3.62. The van der Waals surface area contributed by atoms with Crippen molar-refractivity contribution in [1.82, 2.24) is 0 Å². The van der Waals surface area contributed by atoms with Gasteiger partial charge in [0, 0.05) is 27.8 Å². The number of furan rings is 1. The number of anilines is 3. The maximum atomic E-state index is 6.13. The van der Waals surface area contributed by atoms with E-state index < -0.39 is 0 Å². The lowest BCUT2D eigenvalue weighted by Gasteiger charge is -2.27. The van der Waals surface area contributed by atoms with Crippen LogP contribution in [0.1, 0.15) is 0 Å². The van der Waals surface area contributed by atoms with E-state index in [1.807, 2.05) is 12.1 Å². The molecule has 0 aliphatic heterocycles. The summed E-state index contributed by atoms with van der Waals surface area (Å²) in [5.74, 6) is 0. The number of hydrogen-bond acceptors (Lipinski definition) is 2. The molecule has 2 heteroatoms. The molecule has 1 aromatic heterocycles. The first-order valence-corrected chi connectivity index (χ1v) is 18.4. The smallest absolute Gasteiger partial charge is 0.135 e. The Morgan fingerprint density at radius 1 is 0.278 bits per heavy atom. The van der Waals surface area contributed by atoms with Gasteiger partial charge in [-0.1, -0.05) is 152 Å². The molecule has 0 saturated carbocycles. The highest BCUT2D eigenvalue weighted by Crippen LogP contribution is 2.42. The van der Waals surface area contributed by atoms with Crippen molar-refractivity contribution < 1.29 is 4.42 Å². The van der Waals surface area contributed by atoms with Crippen LogP contribution in [0.15, 0.2) is 217 Å². The van der Waals surface area contributed by atoms with E-state index in [0.717, 1.165) is 50.1 Å². The summed E-state index contributed by atoms with van der Waals surface area (Å²) in [6, 6.07) is 76.1. The zero-order valence-electron chi connectivity index (χ0n) is 29.6. The minimum Gasteiger partial charge on any atom is -0.456 e. The summed E-state index contributed by atoms with van der Waals surface area (Å²) in [6.07, 6.45) is 0. The molecule has 10 rings (SSSR count). The summed E-state index contributed by atoms with van der Waals surface area (Å²) in [5.41, 5.74) is 14.5. The molecule has 0 N–H and O–H groups in total. The van der Waals surface area contributed by atoms with Gasteiger partial charge in [-0.2, -0.15) is 0 Å². The lowest BCUT2D eigenvalue weighted by atomic mass is 9.96. The molecule has 1 heterocycles. The molecule has 0 unspecified atom stereocenters. The Labute approximate surface area is 314 Å². The zero-order chi connectivity index (χ0) is 35.8. The van der Waals surface area contributed by atoms with E-state index in [1.54, 1.807) is 0 Å². The summed E-state index contributed by atoms with van der Waals surface area (Å²) in [7, 11) is 0. The molecule has 0 bridgehead atoms. The van der Waals surface area contributed by atoms with Gasteiger partial charge in [0.15, 0.2) is 0 Å². The minimum atomic E-state index is 0.904. The van der Waals surface area contributed by atoms with Crippen LogP contribution in [0.4, 0.5) is 17.1 Å². The van der Waals surface area contributed by atoms with Crippen LogP contribution in [-0.4, -0.2) is 0 Å². The van der Waals surface area contributed by atoms with Gasteiger partial charge < -0.3 is 9.32 Å². The van der Waals surface area contributed by atoms with Gasteiger partial charge in [0.05, 0.1) is 0 Å². The second kappa shape index (κ2) is 13.4. The quantitative estimate of drug-likeness (QED) is 0.166. The van der Waals surface area contributed by atoms with E-state index in [2.05, 4.69) is 205 Å². The first-order valence-electron chi connectivity index (χ1n) is 18.4. The summed E-state index contributed by atoms with van der Waals surface area (Å²) in [6.45, 7) is 0. The van der Waals surface area contributed by atoms with E-state index in [-0.39, 0.29) is 0 Å². The molecule has 0 aliphatic carbocycles. The third-order valence-corrected chi connectivity index (χ3v) is 10.4. The highest BCUT2D eigenvalue weighted by atomic mass is 16.3. The molecule has 0 fully saturated rings. The van der Waals surface area contributed by atoms with Crippen molar-refractivity contribution >= 4 is 49.8 Å². The van der Waals surface area contributed by atoms with Crippen LogP contribution in [0.5, 0.6) is 0 Å². The SMILES string of the molecule is c1ccc(-c2cc(-c3ccccc3)cc(N(c3ccc(-c4ccc5oc6ccccc6c5c4)cc3)c3cccc(-c4cccc5ccccc45)c3)c2)cc1. The molecule has 0 radical (unpaired) electrons. The van der Waals surface area contributed by atoms with Gasteiger partial charge in [-0.15, -0.1) is 0 Å². The molecule has 0 amide bonds. The van der Waals surface area contributed by atoms with Gasteiger partial charge in [-0.05, 0) is 116 Å². The maximum absolute atomic E-state index is 6.13. The number of para-hydroxylation sites is 1. The average molecular weight is 690 g/mol. The van der Waals surface area contributed by atoms with Crippen LogP contribution < -0.4 is 4.90 Å². The van der Waals surface area contributed by atoms with Gasteiger partial charge in [0.25, 0.3) is 0 Å². The van der Waals surface area contributed by atoms with Crippen molar-refractivity contribution in [1.29, 1.82) is 0 Å². The lowest BCUT2D eigenvalue weighted by Crippen LogP contribution is -2.10. The molecular weight excluding hydrogens is 655 g/mol. The molecule has 0 spiro atoms. The van der Waals surface area contributed by atoms with Crippen LogP contribution >= 0.6 is 0 Å². The van der Waals surface area contributed by atoms with Gasteiger partial charge in [-0.25, -0.2) is 0 Å². The Balaban J connectivity index is 1.14. The minimum absolute atomic E-state index is 0.904. The zero-order valence-corrected chi connectivity index (χ0v) is 29.6. The first kappa shape index (κ1) is 31.6. The van der Waals surface area contributed by atoms with E-state index in [9.17, 15) is 0 Å². The third kappa shape index (κ3) is 5.81. The Kier molecular flexibility index (Phi) is 7.85. The number of rotatable bonds is 7. The van der Waals surface area contributed by atoms with Crippen LogP contribution in [0, 0.1) is 0 Å². The number of fused-ring (bicyclic) bond motifs is 4. The third-order valence-electron chi connectivity index (χ3n) is 10.4. The van der Waals surface area contributed by atoms with Crippen molar-refractivity contribution in [3.05, 3.63) is 212 Å². The second-order valence-electron chi connectivity index (χ2n) is 13.8. The molecule has 0 atom stereocenters. The predicted octanol–water partition coefficient (Wildman–Crippen LogP) is 14.9. The fraction of sp³-hybridized carbons (Fsp3) is 0. The van der Waals surface area contributed by atoms with Crippen molar-refractivity contribution in [3.8, 4) is 44.5 Å². The molecule has 0 aliphatic rings. The monoisotopic (exact) mass is 689 g/mol. The highest BCUT2D eigenvalue weighted by molar-refractivity contribution is 6.06. The summed E-state index contributed by atoms with van der Waals surface area (Å²) < 4.78 is 6.13. The summed E-state index contributed by atoms with van der Waals surface area (Å²) in [4.78, 5) is 2.39. The molecular formula is C52H35NO. The van der Waals surface area contributed by atoms with Gasteiger partial charge in [0.2, 0.25) is 0 Å². The standard InChI is InChI=1S/C52H35NO/c1-3-13-36(14-4-1)42-31-43(37-15-5-2-6-16-37)34-46(33-42)53(45-20-11-19-41(32-45)48-23-12-18-39-17-7-8-21-47(39)48)44-28-25-38(26-29-44)40-27-30-52-50(35-40)49-22-9-10-24-51(49)54-52/h1-35H. The van der Waals surface area contributed by atoms with E-state index in [0.29, 0.717) is 0 Å². The van der Waals surface area contributed by atoms with Crippen molar-refractivity contribution in [2.24, 2.45) is 0 Å². The van der Waals surface area contributed by atoms with Crippen LogP contribution in [0.2, 0.25) is 0 Å². The normalized spacial score (nSPS) is 11.3. The van der Waals surface area contributed by atoms with E-state index >= 15 is 0 Å². The Hall–Kier alpha value is -7.16. The van der Waals surface area contributed by atoms with Gasteiger partial charge in [0.1, 0.15) is 11.2 Å². The van der Waals surface area contributed by atoms with E-state index in [1.165, 1.54) is 44.2 Å². The largest absolute Gasteiger partial charge is 0.456 e. The highest BCUT2D eigenvalue weighted by Gasteiger charge is 2.18. The summed E-state index contributed by atoms with van der Waals surface area (Å²) in [5, 5.41) is 4.74. The van der Waals surface area contributed by atoms with Crippen LogP contribution in [0.3, 0.4) is 0 Å². The molecule has 0 saturated heterocycles. The second-order valence-corrected chi connectivity index (χ2v) is 13.8. The molecule has 10 aromatic rings. The predicted molar refractivity (Wildman–Crippen MR) is 228 cm³/mol. The first-order chi connectivity index (χ1) is 26.7. The summed E-state index contributed by atoms with van der Waals surface area (Å²) >= 11 is 0. The Bertz CT molecular complexity index is 2860.